The standard InChI is InChI=1S/C15H27NS/c1-5-7-9-14(8-6-2)16-13(4)15-11-10-12(3)17-15/h10-11,13-14,16H,5-9H2,1-4H3. The van der Waals surface area contributed by atoms with Gasteiger partial charge < -0.3 is 5.32 Å². The summed E-state index contributed by atoms with van der Waals surface area (Å²) in [5.74, 6) is 0. The predicted octanol–water partition coefficient (Wildman–Crippen LogP) is 5.07. The maximum Gasteiger partial charge on any atom is 0.0388 e. The van der Waals surface area contributed by atoms with Crippen LogP contribution in [-0.2, 0) is 0 Å². The van der Waals surface area contributed by atoms with Gasteiger partial charge in [-0.3, -0.25) is 0 Å². The fraction of sp³-hybridized carbons (Fsp3) is 0.733. The van der Waals surface area contributed by atoms with Gasteiger partial charge >= 0.3 is 0 Å². The van der Waals surface area contributed by atoms with Crippen molar-refractivity contribution < 1.29 is 0 Å². The van der Waals surface area contributed by atoms with Crippen LogP contribution in [0.25, 0.3) is 0 Å². The number of rotatable bonds is 8. The van der Waals surface area contributed by atoms with E-state index >= 15 is 0 Å². The molecule has 17 heavy (non-hydrogen) atoms. The van der Waals surface area contributed by atoms with Gasteiger partial charge in [0, 0.05) is 21.8 Å². The fourth-order valence-corrected chi connectivity index (χ4v) is 3.12. The van der Waals surface area contributed by atoms with Gasteiger partial charge in [0.15, 0.2) is 0 Å². The van der Waals surface area contributed by atoms with Crippen LogP contribution >= 0.6 is 11.3 Å². The van der Waals surface area contributed by atoms with E-state index in [1.165, 1.54) is 41.9 Å². The molecule has 0 fully saturated rings. The molecule has 2 heteroatoms. The lowest BCUT2D eigenvalue weighted by Gasteiger charge is -2.22. The molecule has 1 rings (SSSR count). The van der Waals surface area contributed by atoms with Crippen molar-refractivity contribution in [1.82, 2.24) is 5.32 Å². The second kappa shape index (κ2) is 7.88. The highest BCUT2D eigenvalue weighted by atomic mass is 32.1. The summed E-state index contributed by atoms with van der Waals surface area (Å²) in [5.41, 5.74) is 0. The summed E-state index contributed by atoms with van der Waals surface area (Å²) < 4.78 is 0. The van der Waals surface area contributed by atoms with E-state index < -0.39 is 0 Å². The Morgan fingerprint density at radius 3 is 2.47 bits per heavy atom. The van der Waals surface area contributed by atoms with Crippen LogP contribution in [0.5, 0.6) is 0 Å². The van der Waals surface area contributed by atoms with Gasteiger partial charge in [0.1, 0.15) is 0 Å². The Kier molecular flexibility index (Phi) is 6.83. The number of aryl methyl sites for hydroxylation is 1. The summed E-state index contributed by atoms with van der Waals surface area (Å²) in [5, 5.41) is 3.79. The Balaban J connectivity index is 2.47. The first-order chi connectivity index (χ1) is 8.17. The van der Waals surface area contributed by atoms with E-state index in [0.717, 1.165) is 0 Å². The van der Waals surface area contributed by atoms with Gasteiger partial charge in [-0.15, -0.1) is 11.3 Å². The van der Waals surface area contributed by atoms with E-state index in [9.17, 15) is 0 Å². The summed E-state index contributed by atoms with van der Waals surface area (Å²) in [6, 6.07) is 5.68. The molecular formula is C15H27NS. The third kappa shape index (κ3) is 5.22. The van der Waals surface area contributed by atoms with Crippen LogP contribution in [0.3, 0.4) is 0 Å². The van der Waals surface area contributed by atoms with E-state index in [4.69, 9.17) is 0 Å². The lowest BCUT2D eigenvalue weighted by molar-refractivity contribution is 0.398. The Labute approximate surface area is 111 Å². The highest BCUT2D eigenvalue weighted by molar-refractivity contribution is 7.12. The quantitative estimate of drug-likeness (QED) is 0.682. The van der Waals surface area contributed by atoms with Crippen LogP contribution in [0.4, 0.5) is 0 Å². The molecule has 0 bridgehead atoms. The first-order valence-electron chi connectivity index (χ1n) is 6.99. The molecule has 0 aliphatic heterocycles. The smallest absolute Gasteiger partial charge is 0.0388 e. The number of nitrogens with one attached hydrogen (secondary N) is 1. The van der Waals surface area contributed by atoms with Crippen LogP contribution in [-0.4, -0.2) is 6.04 Å². The van der Waals surface area contributed by atoms with Crippen molar-refractivity contribution in [1.29, 1.82) is 0 Å². The second-order valence-corrected chi connectivity index (χ2v) is 6.28. The zero-order valence-corrected chi connectivity index (χ0v) is 12.6. The first-order valence-corrected chi connectivity index (χ1v) is 7.81. The van der Waals surface area contributed by atoms with Crippen LogP contribution in [0.1, 0.15) is 68.7 Å². The van der Waals surface area contributed by atoms with Crippen molar-refractivity contribution in [3.63, 3.8) is 0 Å². The maximum atomic E-state index is 3.79. The van der Waals surface area contributed by atoms with Crippen molar-refractivity contribution in [2.24, 2.45) is 0 Å². The van der Waals surface area contributed by atoms with Crippen molar-refractivity contribution >= 4 is 11.3 Å². The van der Waals surface area contributed by atoms with Crippen LogP contribution in [0.2, 0.25) is 0 Å². The minimum absolute atomic E-state index is 0.502. The molecule has 2 unspecified atom stereocenters. The molecule has 1 N–H and O–H groups in total. The molecule has 1 aromatic rings. The average molecular weight is 253 g/mol. The largest absolute Gasteiger partial charge is 0.307 e. The molecule has 0 spiro atoms. The number of hydrogen-bond acceptors (Lipinski definition) is 2. The van der Waals surface area contributed by atoms with Gasteiger partial charge in [-0.2, -0.15) is 0 Å². The molecule has 0 saturated heterocycles. The molecule has 0 saturated carbocycles. The number of thiophene rings is 1. The molecule has 1 aromatic heterocycles. The molecule has 0 aliphatic rings. The molecule has 2 atom stereocenters. The molecule has 0 radical (unpaired) electrons. The minimum atomic E-state index is 0.502. The summed E-state index contributed by atoms with van der Waals surface area (Å²) in [4.78, 5) is 2.88. The molecule has 0 amide bonds. The number of unbranched alkanes of at least 4 members (excludes halogenated alkanes) is 1. The van der Waals surface area contributed by atoms with E-state index in [0.29, 0.717) is 12.1 Å². The van der Waals surface area contributed by atoms with Crippen LogP contribution in [0, 0.1) is 6.92 Å². The lowest BCUT2D eigenvalue weighted by Crippen LogP contribution is -2.31. The maximum absolute atomic E-state index is 3.79. The second-order valence-electron chi connectivity index (χ2n) is 4.96. The molecule has 0 aromatic carbocycles. The van der Waals surface area contributed by atoms with Crippen molar-refractivity contribution in [3.8, 4) is 0 Å². The molecule has 1 heterocycles. The van der Waals surface area contributed by atoms with Gasteiger partial charge in [0.05, 0.1) is 0 Å². The summed E-state index contributed by atoms with van der Waals surface area (Å²) in [6.07, 6.45) is 6.54. The third-order valence-corrected chi connectivity index (χ3v) is 4.40. The summed E-state index contributed by atoms with van der Waals surface area (Å²) in [6.45, 7) is 9.02. The first kappa shape index (κ1) is 14.7. The lowest BCUT2D eigenvalue weighted by atomic mass is 10.0. The van der Waals surface area contributed by atoms with Gasteiger partial charge in [0.2, 0.25) is 0 Å². The Morgan fingerprint density at radius 2 is 1.94 bits per heavy atom. The normalized spacial score (nSPS) is 14.8. The van der Waals surface area contributed by atoms with E-state index in [1.54, 1.807) is 0 Å². The summed E-state index contributed by atoms with van der Waals surface area (Å²) >= 11 is 1.92. The third-order valence-electron chi connectivity index (χ3n) is 3.22. The molecule has 0 aliphatic carbocycles. The van der Waals surface area contributed by atoms with E-state index in [2.05, 4.69) is 45.1 Å². The Morgan fingerprint density at radius 1 is 1.18 bits per heavy atom. The van der Waals surface area contributed by atoms with E-state index in [1.807, 2.05) is 11.3 Å². The van der Waals surface area contributed by atoms with Crippen molar-refractivity contribution in [2.75, 3.05) is 0 Å². The van der Waals surface area contributed by atoms with E-state index in [-0.39, 0.29) is 0 Å². The monoisotopic (exact) mass is 253 g/mol. The van der Waals surface area contributed by atoms with Crippen LogP contribution < -0.4 is 5.32 Å². The van der Waals surface area contributed by atoms with Gasteiger partial charge in [0.25, 0.3) is 0 Å². The predicted molar refractivity (Wildman–Crippen MR) is 78.8 cm³/mol. The minimum Gasteiger partial charge on any atom is -0.307 e. The van der Waals surface area contributed by atoms with Gasteiger partial charge in [-0.1, -0.05) is 33.1 Å². The Bertz CT molecular complexity index is 306. The van der Waals surface area contributed by atoms with Gasteiger partial charge in [-0.25, -0.2) is 0 Å². The number of hydrogen-bond donors (Lipinski definition) is 1. The van der Waals surface area contributed by atoms with Crippen LogP contribution in [0.15, 0.2) is 12.1 Å². The van der Waals surface area contributed by atoms with Crippen molar-refractivity contribution in [3.05, 3.63) is 21.9 Å². The molecular weight excluding hydrogens is 226 g/mol. The SMILES string of the molecule is CCCCC(CCC)NC(C)c1ccc(C)s1. The average Bonchev–Trinajstić information content (AvgIpc) is 2.73. The van der Waals surface area contributed by atoms with Crippen molar-refractivity contribution in [2.45, 2.75) is 71.9 Å². The highest BCUT2D eigenvalue weighted by Gasteiger charge is 2.13. The molecule has 98 valence electrons. The zero-order chi connectivity index (χ0) is 12.7. The zero-order valence-electron chi connectivity index (χ0n) is 11.8. The highest BCUT2D eigenvalue weighted by Crippen LogP contribution is 2.23. The Hall–Kier alpha value is -0.340. The topological polar surface area (TPSA) is 12.0 Å². The molecule has 1 nitrogen and oxygen atoms in total. The fourth-order valence-electron chi connectivity index (χ4n) is 2.23. The van der Waals surface area contributed by atoms with Gasteiger partial charge in [-0.05, 0) is 38.8 Å². The summed E-state index contributed by atoms with van der Waals surface area (Å²) in [7, 11) is 0.